The van der Waals surface area contributed by atoms with Crippen LogP contribution in [0.1, 0.15) is 5.56 Å². The highest BCUT2D eigenvalue weighted by atomic mass is 35.5. The Morgan fingerprint density at radius 3 is 2.37 bits per heavy atom. The van der Waals surface area contributed by atoms with Crippen LogP contribution in [0.4, 0.5) is 0 Å². The summed E-state index contributed by atoms with van der Waals surface area (Å²) in [5, 5.41) is 18.1. The first-order chi connectivity index (χ1) is 14.5. The molecular formula is C21H19ClN6OS. The van der Waals surface area contributed by atoms with Crippen LogP contribution >= 0.6 is 23.4 Å². The molecule has 0 saturated carbocycles. The first-order valence-electron chi connectivity index (χ1n) is 9.04. The SMILES string of the molecule is Cn1ccc(-c2nc(-c3ccc(/C(N)=N\O)cc3)c(Sc3ccc(Cl)cc3)n2C)n1. The molecule has 0 aliphatic carbocycles. The van der Waals surface area contributed by atoms with Crippen molar-refractivity contribution >= 4 is 29.2 Å². The van der Waals surface area contributed by atoms with Gasteiger partial charge in [-0.05, 0) is 30.3 Å². The minimum Gasteiger partial charge on any atom is -0.409 e. The fourth-order valence-electron chi connectivity index (χ4n) is 3.02. The summed E-state index contributed by atoms with van der Waals surface area (Å²) >= 11 is 7.64. The van der Waals surface area contributed by atoms with E-state index in [1.54, 1.807) is 28.6 Å². The normalized spacial score (nSPS) is 11.8. The number of nitrogens with two attached hydrogens (primary N) is 1. The van der Waals surface area contributed by atoms with Gasteiger partial charge in [0.05, 0.1) is 0 Å². The van der Waals surface area contributed by atoms with Gasteiger partial charge < -0.3 is 15.5 Å². The topological polar surface area (TPSA) is 94.3 Å². The van der Waals surface area contributed by atoms with E-state index in [4.69, 9.17) is 27.5 Å². The van der Waals surface area contributed by atoms with E-state index in [-0.39, 0.29) is 5.84 Å². The number of halogens is 1. The number of hydrogen-bond donors (Lipinski definition) is 2. The van der Waals surface area contributed by atoms with Crippen LogP contribution in [0.25, 0.3) is 22.8 Å². The molecule has 0 fully saturated rings. The van der Waals surface area contributed by atoms with Gasteiger partial charge in [-0.25, -0.2) is 4.98 Å². The Bertz CT molecular complexity index is 1210. The van der Waals surface area contributed by atoms with Gasteiger partial charge in [0.15, 0.2) is 11.7 Å². The maximum absolute atomic E-state index is 8.90. The van der Waals surface area contributed by atoms with E-state index in [9.17, 15) is 0 Å². The van der Waals surface area contributed by atoms with Crippen LogP contribution in [-0.4, -0.2) is 30.4 Å². The molecule has 2 aromatic heterocycles. The summed E-state index contributed by atoms with van der Waals surface area (Å²) in [6, 6.07) is 17.0. The summed E-state index contributed by atoms with van der Waals surface area (Å²) in [5.74, 6) is 0.829. The Balaban J connectivity index is 1.82. The lowest BCUT2D eigenvalue weighted by Gasteiger charge is -2.08. The van der Waals surface area contributed by atoms with Gasteiger partial charge in [0, 0.05) is 41.3 Å². The van der Waals surface area contributed by atoms with Crippen LogP contribution < -0.4 is 5.73 Å². The third-order valence-corrected chi connectivity index (χ3v) is 6.00. The van der Waals surface area contributed by atoms with Crippen molar-refractivity contribution in [2.45, 2.75) is 9.92 Å². The van der Waals surface area contributed by atoms with Crippen molar-refractivity contribution < 1.29 is 5.21 Å². The van der Waals surface area contributed by atoms with Crippen LogP contribution in [0, 0.1) is 0 Å². The molecule has 0 radical (unpaired) electrons. The molecule has 0 bridgehead atoms. The van der Waals surface area contributed by atoms with E-state index in [2.05, 4.69) is 10.3 Å². The van der Waals surface area contributed by atoms with E-state index in [1.165, 1.54) is 0 Å². The highest BCUT2D eigenvalue weighted by Gasteiger charge is 2.20. The highest BCUT2D eigenvalue weighted by molar-refractivity contribution is 7.99. The zero-order valence-corrected chi connectivity index (χ0v) is 17.9. The van der Waals surface area contributed by atoms with Crippen molar-refractivity contribution in [3.05, 3.63) is 71.4 Å². The predicted octanol–water partition coefficient (Wildman–Crippen LogP) is 4.39. The quantitative estimate of drug-likeness (QED) is 0.208. The van der Waals surface area contributed by atoms with Crippen molar-refractivity contribution in [1.82, 2.24) is 19.3 Å². The van der Waals surface area contributed by atoms with Crippen molar-refractivity contribution in [1.29, 1.82) is 0 Å². The minimum atomic E-state index is 0.0625. The lowest BCUT2D eigenvalue weighted by Crippen LogP contribution is -2.12. The summed E-state index contributed by atoms with van der Waals surface area (Å²) in [6.07, 6.45) is 1.89. The lowest BCUT2D eigenvalue weighted by molar-refractivity contribution is 0.318. The van der Waals surface area contributed by atoms with E-state index >= 15 is 0 Å². The van der Waals surface area contributed by atoms with Crippen LogP contribution in [0.15, 0.2) is 75.9 Å². The Morgan fingerprint density at radius 1 is 1.07 bits per heavy atom. The molecule has 0 atom stereocenters. The summed E-state index contributed by atoms with van der Waals surface area (Å²) < 4.78 is 3.79. The molecule has 7 nitrogen and oxygen atoms in total. The average molecular weight is 439 g/mol. The maximum Gasteiger partial charge on any atom is 0.170 e. The molecule has 3 N–H and O–H groups in total. The van der Waals surface area contributed by atoms with E-state index in [1.807, 2.05) is 67.3 Å². The van der Waals surface area contributed by atoms with Crippen LogP contribution in [-0.2, 0) is 14.1 Å². The van der Waals surface area contributed by atoms with Gasteiger partial charge >= 0.3 is 0 Å². The third kappa shape index (κ3) is 3.92. The number of aryl methyl sites for hydroxylation is 1. The molecule has 0 saturated heterocycles. The van der Waals surface area contributed by atoms with Gasteiger partial charge in [-0.2, -0.15) is 5.10 Å². The molecule has 2 aromatic carbocycles. The molecule has 9 heteroatoms. The summed E-state index contributed by atoms with van der Waals surface area (Å²) in [4.78, 5) is 5.95. The number of nitrogens with zero attached hydrogens (tertiary/aromatic N) is 5. The van der Waals surface area contributed by atoms with E-state index in [0.29, 0.717) is 10.6 Å². The molecule has 30 heavy (non-hydrogen) atoms. The number of aromatic nitrogens is 4. The second kappa shape index (κ2) is 8.25. The molecule has 0 unspecified atom stereocenters. The largest absolute Gasteiger partial charge is 0.409 e. The van der Waals surface area contributed by atoms with Crippen molar-refractivity contribution in [3.8, 4) is 22.8 Å². The monoisotopic (exact) mass is 438 g/mol. The second-order valence-electron chi connectivity index (χ2n) is 6.64. The Kier molecular flexibility index (Phi) is 5.52. The smallest absolute Gasteiger partial charge is 0.170 e. The van der Waals surface area contributed by atoms with Gasteiger partial charge in [-0.3, -0.25) is 4.68 Å². The number of amidine groups is 1. The second-order valence-corrected chi connectivity index (χ2v) is 8.14. The first-order valence-corrected chi connectivity index (χ1v) is 10.2. The fourth-order valence-corrected chi connectivity index (χ4v) is 4.13. The number of rotatable bonds is 5. The number of hydrogen-bond acceptors (Lipinski definition) is 5. The Hall–Kier alpha value is -3.23. The molecular weight excluding hydrogens is 420 g/mol. The number of benzene rings is 2. The molecule has 0 aliphatic heterocycles. The highest BCUT2D eigenvalue weighted by Crippen LogP contribution is 2.38. The number of imidazole rings is 1. The molecule has 4 rings (SSSR count). The van der Waals surface area contributed by atoms with Gasteiger partial charge in [-0.15, -0.1) is 0 Å². The molecule has 0 aliphatic rings. The summed E-state index contributed by atoms with van der Waals surface area (Å²) in [6.45, 7) is 0. The van der Waals surface area contributed by atoms with Crippen molar-refractivity contribution in [2.24, 2.45) is 25.0 Å². The Morgan fingerprint density at radius 2 is 1.77 bits per heavy atom. The van der Waals surface area contributed by atoms with Crippen molar-refractivity contribution in [2.75, 3.05) is 0 Å². The summed E-state index contributed by atoms with van der Waals surface area (Å²) in [5.41, 5.74) is 8.85. The van der Waals surface area contributed by atoms with E-state index in [0.717, 1.165) is 32.7 Å². The fraction of sp³-hybridized carbons (Fsp3) is 0.0952. The van der Waals surface area contributed by atoms with Gasteiger partial charge in [0.2, 0.25) is 0 Å². The lowest BCUT2D eigenvalue weighted by atomic mass is 10.1. The van der Waals surface area contributed by atoms with Gasteiger partial charge in [0.1, 0.15) is 16.4 Å². The van der Waals surface area contributed by atoms with E-state index < -0.39 is 0 Å². The molecule has 152 valence electrons. The van der Waals surface area contributed by atoms with Gasteiger partial charge in [-0.1, -0.05) is 52.8 Å². The van der Waals surface area contributed by atoms with Crippen LogP contribution in [0.2, 0.25) is 5.02 Å². The summed E-state index contributed by atoms with van der Waals surface area (Å²) in [7, 11) is 3.85. The standard InChI is InChI=1S/C21H19ClN6OS/c1-27-12-11-17(25-27)20-24-18(13-3-5-14(6-4-13)19(23)26-29)21(28(20)2)30-16-9-7-15(22)8-10-16/h3-12,29H,1-2H3,(H2,23,26). The molecule has 2 heterocycles. The zero-order valence-electron chi connectivity index (χ0n) is 16.3. The molecule has 0 amide bonds. The third-order valence-electron chi connectivity index (χ3n) is 4.58. The molecule has 4 aromatic rings. The van der Waals surface area contributed by atoms with Gasteiger partial charge in [0.25, 0.3) is 0 Å². The van der Waals surface area contributed by atoms with Crippen molar-refractivity contribution in [3.63, 3.8) is 0 Å². The first kappa shape index (κ1) is 20.1. The zero-order chi connectivity index (χ0) is 21.3. The minimum absolute atomic E-state index is 0.0625. The maximum atomic E-state index is 8.90. The average Bonchev–Trinajstić information content (AvgIpc) is 3.32. The predicted molar refractivity (Wildman–Crippen MR) is 119 cm³/mol. The van der Waals surface area contributed by atoms with Crippen LogP contribution in [0.5, 0.6) is 0 Å². The molecule has 0 spiro atoms. The number of oxime groups is 1. The van der Waals surface area contributed by atoms with Crippen LogP contribution in [0.3, 0.4) is 0 Å². The Labute approximate surface area is 182 Å².